The molecular formula is C21H33N3O2. The summed E-state index contributed by atoms with van der Waals surface area (Å²) in [5.74, 6) is 0.999. The molecule has 26 heavy (non-hydrogen) atoms. The fourth-order valence-corrected chi connectivity index (χ4v) is 3.69. The third-order valence-electron chi connectivity index (χ3n) is 5.28. The van der Waals surface area contributed by atoms with Crippen LogP contribution in [0.25, 0.3) is 0 Å². The monoisotopic (exact) mass is 359 g/mol. The molecule has 1 N–H and O–H groups in total. The van der Waals surface area contributed by atoms with Crippen LogP contribution < -0.4 is 5.32 Å². The van der Waals surface area contributed by atoms with Crippen molar-refractivity contribution >= 4 is 5.96 Å². The maximum Gasteiger partial charge on any atom is 0.193 e. The summed E-state index contributed by atoms with van der Waals surface area (Å²) >= 11 is 0. The summed E-state index contributed by atoms with van der Waals surface area (Å²) in [5.41, 5.74) is 2.87. The van der Waals surface area contributed by atoms with E-state index in [9.17, 15) is 0 Å². The first-order valence-corrected chi connectivity index (χ1v) is 9.78. The second-order valence-corrected chi connectivity index (χ2v) is 8.18. The van der Waals surface area contributed by atoms with E-state index in [2.05, 4.69) is 53.3 Å². The maximum atomic E-state index is 6.04. The van der Waals surface area contributed by atoms with Crippen LogP contribution in [-0.2, 0) is 22.6 Å². The molecule has 5 nitrogen and oxygen atoms in total. The molecule has 2 aliphatic heterocycles. The first kappa shape index (κ1) is 19.2. The molecule has 144 valence electrons. The van der Waals surface area contributed by atoms with Gasteiger partial charge in [-0.2, -0.15) is 0 Å². The molecule has 0 bridgehead atoms. The lowest BCUT2D eigenvalue weighted by molar-refractivity contribution is -0.0390. The Morgan fingerprint density at radius 1 is 1.31 bits per heavy atom. The molecule has 0 spiro atoms. The number of likely N-dealkylation sites (tertiary alicyclic amines) is 1. The minimum absolute atomic E-state index is 0.336. The van der Waals surface area contributed by atoms with Crippen molar-refractivity contribution in [1.29, 1.82) is 0 Å². The van der Waals surface area contributed by atoms with Crippen LogP contribution in [0, 0.1) is 5.41 Å². The van der Waals surface area contributed by atoms with Gasteiger partial charge in [0.25, 0.3) is 0 Å². The highest BCUT2D eigenvalue weighted by atomic mass is 16.5. The number of ether oxygens (including phenoxy) is 2. The molecule has 0 atom stereocenters. The van der Waals surface area contributed by atoms with Crippen molar-refractivity contribution in [2.45, 2.75) is 52.4 Å². The summed E-state index contributed by atoms with van der Waals surface area (Å²) in [6.45, 7) is 9.88. The van der Waals surface area contributed by atoms with Crippen LogP contribution in [-0.4, -0.2) is 50.3 Å². The van der Waals surface area contributed by atoms with Gasteiger partial charge in [0.15, 0.2) is 5.96 Å². The Bertz CT molecular complexity index is 609. The number of rotatable bonds is 5. The summed E-state index contributed by atoms with van der Waals surface area (Å²) in [6.07, 6.45) is 3.56. The van der Waals surface area contributed by atoms with Gasteiger partial charge in [0, 0.05) is 39.9 Å². The average molecular weight is 360 g/mol. The molecule has 5 heteroatoms. The van der Waals surface area contributed by atoms with E-state index in [4.69, 9.17) is 9.47 Å². The lowest BCUT2D eigenvalue weighted by Gasteiger charge is -2.24. The molecule has 3 rings (SSSR count). The smallest absolute Gasteiger partial charge is 0.193 e. The lowest BCUT2D eigenvalue weighted by atomic mass is 9.93. The normalized spacial score (nSPS) is 21.2. The molecule has 0 amide bonds. The van der Waals surface area contributed by atoms with Crippen LogP contribution in [0.2, 0.25) is 0 Å². The van der Waals surface area contributed by atoms with E-state index in [1.54, 1.807) is 0 Å². The van der Waals surface area contributed by atoms with Crippen molar-refractivity contribution in [3.05, 3.63) is 35.4 Å². The largest absolute Gasteiger partial charge is 0.381 e. The number of aliphatic imine (C=N–C) groups is 1. The van der Waals surface area contributed by atoms with Crippen LogP contribution in [0.3, 0.4) is 0 Å². The predicted octanol–water partition coefficient (Wildman–Crippen LogP) is 3.19. The number of nitrogens with one attached hydrogen (secondary N) is 1. The quantitative estimate of drug-likeness (QED) is 0.648. The molecule has 2 heterocycles. The highest BCUT2D eigenvalue weighted by Crippen LogP contribution is 2.28. The average Bonchev–Trinajstić information content (AvgIpc) is 3.01. The SMILES string of the molecule is CN=C(NCc1cccc(COC2CCOCC2)c1)N1CCC(C)(C)C1. The maximum absolute atomic E-state index is 6.04. The Balaban J connectivity index is 1.50. The molecule has 1 aromatic rings. The van der Waals surface area contributed by atoms with E-state index >= 15 is 0 Å². The van der Waals surface area contributed by atoms with Gasteiger partial charge in [-0.25, -0.2) is 0 Å². The number of hydrogen-bond donors (Lipinski definition) is 1. The first-order chi connectivity index (χ1) is 12.6. The van der Waals surface area contributed by atoms with E-state index in [-0.39, 0.29) is 0 Å². The second-order valence-electron chi connectivity index (χ2n) is 8.18. The Labute approximate surface area is 157 Å². The third kappa shape index (κ3) is 5.45. The molecule has 0 unspecified atom stereocenters. The third-order valence-corrected chi connectivity index (χ3v) is 5.28. The van der Waals surface area contributed by atoms with Crippen LogP contribution in [0.4, 0.5) is 0 Å². The minimum atomic E-state index is 0.336. The molecule has 0 aliphatic carbocycles. The second kappa shape index (κ2) is 8.87. The van der Waals surface area contributed by atoms with Gasteiger partial charge in [0.1, 0.15) is 0 Å². The van der Waals surface area contributed by atoms with Crippen molar-refractivity contribution in [2.24, 2.45) is 10.4 Å². The zero-order valence-corrected chi connectivity index (χ0v) is 16.5. The highest BCUT2D eigenvalue weighted by molar-refractivity contribution is 5.80. The Morgan fingerprint density at radius 3 is 2.77 bits per heavy atom. The van der Waals surface area contributed by atoms with E-state index in [1.165, 1.54) is 17.5 Å². The standard InChI is InChI=1S/C21H33N3O2/c1-21(2)9-10-24(16-21)20(22-3)23-14-17-5-4-6-18(13-17)15-26-19-7-11-25-12-8-19/h4-6,13,19H,7-12,14-16H2,1-3H3,(H,22,23). The van der Waals surface area contributed by atoms with Gasteiger partial charge in [-0.05, 0) is 35.8 Å². The molecule has 0 saturated carbocycles. The molecule has 2 aliphatic rings. The zero-order valence-electron chi connectivity index (χ0n) is 16.5. The van der Waals surface area contributed by atoms with Gasteiger partial charge in [0.2, 0.25) is 0 Å². The molecule has 2 saturated heterocycles. The molecule has 0 radical (unpaired) electrons. The van der Waals surface area contributed by atoms with E-state index in [0.717, 1.165) is 51.6 Å². The summed E-state index contributed by atoms with van der Waals surface area (Å²) < 4.78 is 11.4. The molecule has 1 aromatic carbocycles. The Kier molecular flexibility index (Phi) is 6.54. The van der Waals surface area contributed by atoms with Gasteiger partial charge < -0.3 is 19.7 Å². The number of guanidine groups is 1. The number of nitrogens with zero attached hydrogens (tertiary/aromatic N) is 2. The first-order valence-electron chi connectivity index (χ1n) is 9.78. The number of hydrogen-bond acceptors (Lipinski definition) is 3. The van der Waals surface area contributed by atoms with Gasteiger partial charge in [-0.3, -0.25) is 4.99 Å². The Morgan fingerprint density at radius 2 is 2.08 bits per heavy atom. The van der Waals surface area contributed by atoms with E-state index < -0.39 is 0 Å². The fraction of sp³-hybridized carbons (Fsp3) is 0.667. The van der Waals surface area contributed by atoms with Gasteiger partial charge in [-0.1, -0.05) is 38.1 Å². The summed E-state index contributed by atoms with van der Waals surface area (Å²) in [4.78, 5) is 6.82. The molecule has 2 fully saturated rings. The summed E-state index contributed by atoms with van der Waals surface area (Å²) in [7, 11) is 1.87. The van der Waals surface area contributed by atoms with Crippen LogP contribution >= 0.6 is 0 Å². The van der Waals surface area contributed by atoms with Crippen molar-refractivity contribution < 1.29 is 9.47 Å². The fourth-order valence-electron chi connectivity index (χ4n) is 3.69. The van der Waals surface area contributed by atoms with Gasteiger partial charge in [-0.15, -0.1) is 0 Å². The van der Waals surface area contributed by atoms with Crippen molar-refractivity contribution in [3.8, 4) is 0 Å². The predicted molar refractivity (Wildman–Crippen MR) is 105 cm³/mol. The van der Waals surface area contributed by atoms with Crippen LogP contribution in [0.5, 0.6) is 0 Å². The van der Waals surface area contributed by atoms with Gasteiger partial charge in [0.05, 0.1) is 12.7 Å². The number of benzene rings is 1. The molecular weight excluding hydrogens is 326 g/mol. The minimum Gasteiger partial charge on any atom is -0.381 e. The highest BCUT2D eigenvalue weighted by Gasteiger charge is 2.30. The summed E-state index contributed by atoms with van der Waals surface area (Å²) in [5, 5.41) is 3.52. The van der Waals surface area contributed by atoms with E-state index in [1.807, 2.05) is 7.05 Å². The topological polar surface area (TPSA) is 46.1 Å². The lowest BCUT2D eigenvalue weighted by Crippen LogP contribution is -2.40. The van der Waals surface area contributed by atoms with Crippen molar-refractivity contribution in [2.75, 3.05) is 33.4 Å². The van der Waals surface area contributed by atoms with Crippen LogP contribution in [0.1, 0.15) is 44.2 Å². The van der Waals surface area contributed by atoms with Gasteiger partial charge >= 0.3 is 0 Å². The van der Waals surface area contributed by atoms with Crippen molar-refractivity contribution in [1.82, 2.24) is 10.2 Å². The Hall–Kier alpha value is -1.59. The molecule has 0 aromatic heterocycles. The van der Waals surface area contributed by atoms with E-state index in [0.29, 0.717) is 18.1 Å². The zero-order chi connectivity index (χ0) is 18.4. The van der Waals surface area contributed by atoms with Crippen LogP contribution in [0.15, 0.2) is 29.3 Å². The van der Waals surface area contributed by atoms with Crippen molar-refractivity contribution in [3.63, 3.8) is 0 Å². The summed E-state index contributed by atoms with van der Waals surface area (Å²) in [6, 6.07) is 8.64.